The van der Waals surface area contributed by atoms with Crippen LogP contribution in [0.5, 0.6) is 0 Å². The molecule has 3 heterocycles. The van der Waals surface area contributed by atoms with Crippen molar-refractivity contribution in [1.29, 1.82) is 0 Å². The first-order valence-corrected chi connectivity index (χ1v) is 18.6. The van der Waals surface area contributed by atoms with Crippen molar-refractivity contribution in [3.8, 4) is 62.1 Å². The monoisotopic (exact) mass is 699 g/mol. The smallest absolute Gasteiger partial charge is 0.160 e. The molecule has 55 heavy (non-hydrogen) atoms. The average molecular weight is 700 g/mol. The van der Waals surface area contributed by atoms with Crippen LogP contribution in [-0.2, 0) is 0 Å². The van der Waals surface area contributed by atoms with Gasteiger partial charge in [-0.3, -0.25) is 0 Å². The van der Waals surface area contributed by atoms with Crippen LogP contribution in [0.1, 0.15) is 0 Å². The van der Waals surface area contributed by atoms with E-state index in [9.17, 15) is 0 Å². The van der Waals surface area contributed by atoms with E-state index in [2.05, 4.69) is 150 Å². The Morgan fingerprint density at radius 3 is 1.75 bits per heavy atom. The van der Waals surface area contributed by atoms with Gasteiger partial charge in [-0.1, -0.05) is 133 Å². The summed E-state index contributed by atoms with van der Waals surface area (Å²) < 4.78 is 2.43. The second kappa shape index (κ2) is 11.5. The Balaban J connectivity index is 1.15. The molecule has 0 aliphatic heterocycles. The maximum Gasteiger partial charge on any atom is 0.160 e. The lowest BCUT2D eigenvalue weighted by Gasteiger charge is -2.13. The van der Waals surface area contributed by atoms with Gasteiger partial charge in [0.15, 0.2) is 5.82 Å². The zero-order valence-electron chi connectivity index (χ0n) is 29.5. The van der Waals surface area contributed by atoms with Gasteiger partial charge in [-0.2, -0.15) is 0 Å². The van der Waals surface area contributed by atoms with Crippen molar-refractivity contribution >= 4 is 54.4 Å². The van der Waals surface area contributed by atoms with E-state index in [0.29, 0.717) is 5.82 Å². The topological polar surface area (TPSA) is 56.5 Å². The molecule has 254 valence electrons. The van der Waals surface area contributed by atoms with Crippen molar-refractivity contribution in [1.82, 2.24) is 24.5 Å². The van der Waals surface area contributed by atoms with Crippen molar-refractivity contribution in [2.24, 2.45) is 0 Å². The molecule has 12 rings (SSSR count). The van der Waals surface area contributed by atoms with E-state index in [1.165, 1.54) is 32.3 Å². The highest BCUT2D eigenvalue weighted by molar-refractivity contribution is 6.30. The highest BCUT2D eigenvalue weighted by Crippen LogP contribution is 2.51. The molecule has 0 N–H and O–H groups in total. The SMILES string of the molecule is c1ccc(-c2cc(-c3ccccc3)nc(-c3cccc(-n4c5ccc6ccccc6c5c5cc6c7c(cccc7c54)-c4nc5ccccc5nc4-6)c3)n2)cc1. The Morgan fingerprint density at radius 2 is 1.00 bits per heavy atom. The van der Waals surface area contributed by atoms with Gasteiger partial charge in [0, 0.05) is 55.0 Å². The lowest BCUT2D eigenvalue weighted by Crippen LogP contribution is -1.98. The van der Waals surface area contributed by atoms with Gasteiger partial charge in [0.05, 0.1) is 44.8 Å². The molecule has 8 aromatic carbocycles. The van der Waals surface area contributed by atoms with E-state index < -0.39 is 0 Å². The van der Waals surface area contributed by atoms with Crippen molar-refractivity contribution in [3.63, 3.8) is 0 Å². The first kappa shape index (κ1) is 30.0. The lowest BCUT2D eigenvalue weighted by atomic mass is 9.98. The summed E-state index contributed by atoms with van der Waals surface area (Å²) in [6.45, 7) is 0. The van der Waals surface area contributed by atoms with Crippen LogP contribution in [0.25, 0.3) is 116 Å². The summed E-state index contributed by atoms with van der Waals surface area (Å²) in [5.74, 6) is 0.681. The normalized spacial score (nSPS) is 12.0. The number of hydrogen-bond acceptors (Lipinski definition) is 4. The molecule has 0 saturated heterocycles. The number of aromatic nitrogens is 5. The van der Waals surface area contributed by atoms with Gasteiger partial charge in [-0.25, -0.2) is 19.9 Å². The van der Waals surface area contributed by atoms with Crippen molar-refractivity contribution in [2.75, 3.05) is 0 Å². The van der Waals surface area contributed by atoms with Crippen LogP contribution >= 0.6 is 0 Å². The number of nitrogens with zero attached hydrogens (tertiary/aromatic N) is 5. The van der Waals surface area contributed by atoms with E-state index >= 15 is 0 Å². The Bertz CT molecular complexity index is 3310. The zero-order valence-corrected chi connectivity index (χ0v) is 29.5. The minimum atomic E-state index is 0.681. The minimum Gasteiger partial charge on any atom is -0.309 e. The summed E-state index contributed by atoms with van der Waals surface area (Å²) in [5, 5.41) is 7.20. The molecule has 0 radical (unpaired) electrons. The van der Waals surface area contributed by atoms with E-state index in [1.807, 2.05) is 30.3 Å². The molecule has 0 fully saturated rings. The second-order valence-corrected chi connectivity index (χ2v) is 14.2. The Morgan fingerprint density at radius 1 is 0.382 bits per heavy atom. The third-order valence-corrected chi connectivity index (χ3v) is 11.1. The van der Waals surface area contributed by atoms with Gasteiger partial charge >= 0.3 is 0 Å². The van der Waals surface area contributed by atoms with Crippen LogP contribution in [0, 0.1) is 0 Å². The Hall–Kier alpha value is -7.50. The molecule has 0 bridgehead atoms. The first-order valence-electron chi connectivity index (χ1n) is 18.6. The third-order valence-electron chi connectivity index (χ3n) is 11.1. The van der Waals surface area contributed by atoms with E-state index in [0.717, 1.165) is 78.3 Å². The zero-order chi connectivity index (χ0) is 36.0. The Labute approximate surface area is 315 Å². The summed E-state index contributed by atoms with van der Waals surface area (Å²) in [7, 11) is 0. The standard InChI is InChI=1S/C50H29N5/c1-3-14-31(15-4-1)42-29-43(32-16-5-2-6-17-32)54-50(53-42)33-18-11-19-34(27-33)55-44-26-25-30-13-7-8-20-35(30)46(44)39-28-38-45-36(21-12-22-37(45)49(39)55)47-48(38)52-41-24-10-9-23-40(41)51-47/h1-29H. The van der Waals surface area contributed by atoms with Crippen molar-refractivity contribution in [2.45, 2.75) is 0 Å². The number of benzene rings is 8. The summed E-state index contributed by atoms with van der Waals surface area (Å²) in [6, 6.07) is 61.8. The highest BCUT2D eigenvalue weighted by atomic mass is 15.0. The Kier molecular flexibility index (Phi) is 6.27. The molecule has 0 amide bonds. The maximum atomic E-state index is 5.23. The molecule has 0 atom stereocenters. The van der Waals surface area contributed by atoms with Crippen LogP contribution < -0.4 is 0 Å². The van der Waals surface area contributed by atoms with Crippen LogP contribution in [0.15, 0.2) is 176 Å². The molecule has 0 spiro atoms. The quantitative estimate of drug-likeness (QED) is 0.183. The number of fused-ring (bicyclic) bond motifs is 10. The van der Waals surface area contributed by atoms with Gasteiger partial charge in [-0.05, 0) is 53.2 Å². The second-order valence-electron chi connectivity index (χ2n) is 14.2. The molecule has 5 heteroatoms. The van der Waals surface area contributed by atoms with E-state index in [1.54, 1.807) is 0 Å². The number of rotatable bonds is 4. The predicted octanol–water partition coefficient (Wildman–Crippen LogP) is 12.5. The van der Waals surface area contributed by atoms with Crippen LogP contribution in [0.2, 0.25) is 0 Å². The fourth-order valence-electron chi connectivity index (χ4n) is 8.65. The molecule has 3 aromatic heterocycles. The van der Waals surface area contributed by atoms with Gasteiger partial charge in [0.2, 0.25) is 0 Å². The van der Waals surface area contributed by atoms with Crippen LogP contribution in [-0.4, -0.2) is 24.5 Å². The van der Waals surface area contributed by atoms with Crippen LogP contribution in [0.4, 0.5) is 0 Å². The van der Waals surface area contributed by atoms with E-state index in [-0.39, 0.29) is 0 Å². The predicted molar refractivity (Wildman–Crippen MR) is 225 cm³/mol. The van der Waals surface area contributed by atoms with Gasteiger partial charge in [0.25, 0.3) is 0 Å². The van der Waals surface area contributed by atoms with Crippen LogP contribution in [0.3, 0.4) is 0 Å². The third kappa shape index (κ3) is 4.47. The maximum absolute atomic E-state index is 5.23. The van der Waals surface area contributed by atoms with Crippen molar-refractivity contribution < 1.29 is 0 Å². The number of hydrogen-bond donors (Lipinski definition) is 0. The molecular formula is C50H29N5. The van der Waals surface area contributed by atoms with Gasteiger partial charge in [-0.15, -0.1) is 0 Å². The minimum absolute atomic E-state index is 0.681. The summed E-state index contributed by atoms with van der Waals surface area (Å²) in [5.41, 5.74) is 14.1. The fourth-order valence-corrected chi connectivity index (χ4v) is 8.65. The summed E-state index contributed by atoms with van der Waals surface area (Å²) in [6.07, 6.45) is 0. The summed E-state index contributed by atoms with van der Waals surface area (Å²) >= 11 is 0. The molecule has 0 unspecified atom stereocenters. The number of para-hydroxylation sites is 2. The largest absolute Gasteiger partial charge is 0.309 e. The highest BCUT2D eigenvalue weighted by Gasteiger charge is 2.29. The van der Waals surface area contributed by atoms with E-state index in [4.69, 9.17) is 19.9 Å². The average Bonchev–Trinajstić information content (AvgIpc) is 3.77. The molecule has 1 aliphatic rings. The first-order chi connectivity index (χ1) is 27.3. The molecule has 11 aromatic rings. The molecule has 0 saturated carbocycles. The van der Waals surface area contributed by atoms with Gasteiger partial charge in [0.1, 0.15) is 0 Å². The molecule has 5 nitrogen and oxygen atoms in total. The molecule has 1 aliphatic carbocycles. The fraction of sp³-hybridized carbons (Fsp3) is 0. The summed E-state index contributed by atoms with van der Waals surface area (Å²) in [4.78, 5) is 20.8. The molecular weight excluding hydrogens is 671 g/mol. The lowest BCUT2D eigenvalue weighted by molar-refractivity contribution is 1.16. The van der Waals surface area contributed by atoms with Gasteiger partial charge < -0.3 is 4.57 Å². The van der Waals surface area contributed by atoms with Crippen molar-refractivity contribution in [3.05, 3.63) is 176 Å².